The van der Waals surface area contributed by atoms with Gasteiger partial charge in [0.25, 0.3) is 0 Å². The fraction of sp³-hybridized carbons (Fsp3) is 0.222. The minimum Gasteiger partial charge on any atom is -0.461 e. The standard InChI is InChI=1S/C9H11N5O/c10-6-7-15-9-11-12-13-14(9)8-4-2-1-3-5-8/h1-5H,6-7,10H2. The van der Waals surface area contributed by atoms with E-state index < -0.39 is 0 Å². The molecule has 2 aromatic rings. The topological polar surface area (TPSA) is 78.8 Å². The van der Waals surface area contributed by atoms with Crippen LogP contribution in [0.25, 0.3) is 5.69 Å². The first-order valence-corrected chi connectivity index (χ1v) is 4.58. The van der Waals surface area contributed by atoms with Crippen molar-refractivity contribution in [3.05, 3.63) is 30.3 Å². The van der Waals surface area contributed by atoms with Gasteiger partial charge >= 0.3 is 6.01 Å². The Morgan fingerprint density at radius 2 is 2.07 bits per heavy atom. The molecule has 0 aliphatic carbocycles. The zero-order valence-electron chi connectivity index (χ0n) is 8.08. The van der Waals surface area contributed by atoms with Gasteiger partial charge in [0.15, 0.2) is 0 Å². The Morgan fingerprint density at radius 3 is 2.80 bits per heavy atom. The lowest BCUT2D eigenvalue weighted by atomic mass is 10.3. The molecule has 0 spiro atoms. The van der Waals surface area contributed by atoms with Gasteiger partial charge in [-0.25, -0.2) is 0 Å². The van der Waals surface area contributed by atoms with Crippen molar-refractivity contribution in [2.75, 3.05) is 13.2 Å². The van der Waals surface area contributed by atoms with E-state index in [1.807, 2.05) is 30.3 Å². The highest BCUT2D eigenvalue weighted by molar-refractivity contribution is 5.31. The molecule has 6 heteroatoms. The van der Waals surface area contributed by atoms with E-state index >= 15 is 0 Å². The second kappa shape index (κ2) is 4.52. The molecule has 15 heavy (non-hydrogen) atoms. The van der Waals surface area contributed by atoms with Gasteiger partial charge in [0.05, 0.1) is 5.69 Å². The molecule has 1 aromatic heterocycles. The van der Waals surface area contributed by atoms with E-state index in [0.29, 0.717) is 19.2 Å². The average molecular weight is 205 g/mol. The molecule has 1 aromatic carbocycles. The summed E-state index contributed by atoms with van der Waals surface area (Å²) in [5.74, 6) is 0. The molecule has 0 aliphatic rings. The summed E-state index contributed by atoms with van der Waals surface area (Å²) in [7, 11) is 0. The lowest BCUT2D eigenvalue weighted by Crippen LogP contribution is -2.13. The van der Waals surface area contributed by atoms with Crippen molar-refractivity contribution >= 4 is 0 Å². The Hall–Kier alpha value is -1.95. The number of nitrogens with zero attached hydrogens (tertiary/aromatic N) is 4. The van der Waals surface area contributed by atoms with Crippen LogP contribution in [0, 0.1) is 0 Å². The molecule has 1 heterocycles. The molecule has 0 atom stereocenters. The van der Waals surface area contributed by atoms with Gasteiger partial charge in [-0.2, -0.15) is 4.68 Å². The summed E-state index contributed by atoms with van der Waals surface area (Å²) in [5, 5.41) is 11.1. The Morgan fingerprint density at radius 1 is 1.27 bits per heavy atom. The van der Waals surface area contributed by atoms with Gasteiger partial charge in [0.2, 0.25) is 0 Å². The summed E-state index contributed by atoms with van der Waals surface area (Å²) in [5.41, 5.74) is 6.19. The van der Waals surface area contributed by atoms with Crippen LogP contribution in [-0.4, -0.2) is 33.4 Å². The number of benzene rings is 1. The number of rotatable bonds is 4. The molecule has 2 rings (SSSR count). The van der Waals surface area contributed by atoms with Gasteiger partial charge in [0, 0.05) is 6.54 Å². The third kappa shape index (κ3) is 2.10. The number of aromatic nitrogens is 4. The molecule has 0 radical (unpaired) electrons. The lowest BCUT2D eigenvalue weighted by Gasteiger charge is -2.04. The van der Waals surface area contributed by atoms with Crippen molar-refractivity contribution in [3.63, 3.8) is 0 Å². The normalized spacial score (nSPS) is 10.2. The van der Waals surface area contributed by atoms with Crippen LogP contribution in [0.2, 0.25) is 0 Å². The van der Waals surface area contributed by atoms with E-state index in [-0.39, 0.29) is 0 Å². The number of hydrogen-bond acceptors (Lipinski definition) is 5. The monoisotopic (exact) mass is 205 g/mol. The Balaban J connectivity index is 2.25. The molecular weight excluding hydrogens is 194 g/mol. The summed E-state index contributed by atoms with van der Waals surface area (Å²) in [6.45, 7) is 0.828. The highest BCUT2D eigenvalue weighted by Crippen LogP contribution is 2.11. The summed E-state index contributed by atoms with van der Waals surface area (Å²) in [6.07, 6.45) is 0. The van der Waals surface area contributed by atoms with Crippen LogP contribution in [0.5, 0.6) is 6.01 Å². The number of tetrazole rings is 1. The molecule has 0 bridgehead atoms. The van der Waals surface area contributed by atoms with E-state index in [9.17, 15) is 0 Å². The Kier molecular flexibility index (Phi) is 2.89. The molecule has 2 N–H and O–H groups in total. The smallest absolute Gasteiger partial charge is 0.340 e. The average Bonchev–Trinajstić information content (AvgIpc) is 2.75. The first-order valence-electron chi connectivity index (χ1n) is 4.58. The number of para-hydroxylation sites is 1. The van der Waals surface area contributed by atoms with Crippen LogP contribution in [0.15, 0.2) is 30.3 Å². The van der Waals surface area contributed by atoms with E-state index in [1.54, 1.807) is 0 Å². The van der Waals surface area contributed by atoms with Crippen molar-refractivity contribution in [3.8, 4) is 11.7 Å². The minimum absolute atomic E-state index is 0.353. The van der Waals surface area contributed by atoms with Crippen molar-refractivity contribution < 1.29 is 4.74 Å². The van der Waals surface area contributed by atoms with Crippen LogP contribution in [-0.2, 0) is 0 Å². The summed E-state index contributed by atoms with van der Waals surface area (Å²) in [4.78, 5) is 0. The molecule has 78 valence electrons. The Bertz CT molecular complexity index is 413. The van der Waals surface area contributed by atoms with Gasteiger partial charge < -0.3 is 10.5 Å². The highest BCUT2D eigenvalue weighted by atomic mass is 16.5. The van der Waals surface area contributed by atoms with Crippen molar-refractivity contribution in [2.24, 2.45) is 5.73 Å². The highest BCUT2D eigenvalue weighted by Gasteiger charge is 2.07. The van der Waals surface area contributed by atoms with Gasteiger partial charge in [0.1, 0.15) is 6.61 Å². The maximum atomic E-state index is 5.33. The van der Waals surface area contributed by atoms with E-state index in [4.69, 9.17) is 10.5 Å². The predicted octanol–water partition coefficient (Wildman–Crippen LogP) is -0.000200. The molecule has 6 nitrogen and oxygen atoms in total. The van der Waals surface area contributed by atoms with Crippen LogP contribution < -0.4 is 10.5 Å². The fourth-order valence-corrected chi connectivity index (χ4v) is 1.15. The number of nitrogens with two attached hydrogens (primary N) is 1. The number of hydrogen-bond donors (Lipinski definition) is 1. The van der Waals surface area contributed by atoms with E-state index in [1.165, 1.54) is 4.68 Å². The molecule has 0 unspecified atom stereocenters. The second-order valence-electron chi connectivity index (χ2n) is 2.85. The summed E-state index contributed by atoms with van der Waals surface area (Å²) in [6, 6.07) is 9.88. The molecule has 0 fully saturated rings. The van der Waals surface area contributed by atoms with Crippen LogP contribution >= 0.6 is 0 Å². The van der Waals surface area contributed by atoms with Gasteiger partial charge in [-0.15, -0.1) is 0 Å². The minimum atomic E-state index is 0.353. The first-order chi connectivity index (χ1) is 7.42. The fourth-order valence-electron chi connectivity index (χ4n) is 1.15. The summed E-state index contributed by atoms with van der Waals surface area (Å²) >= 11 is 0. The molecule has 0 amide bonds. The maximum Gasteiger partial charge on any atom is 0.340 e. The maximum absolute atomic E-state index is 5.33. The SMILES string of the molecule is NCCOc1nnnn1-c1ccccc1. The quantitative estimate of drug-likeness (QED) is 0.760. The zero-order chi connectivity index (χ0) is 10.5. The Labute approximate surface area is 86.7 Å². The number of ether oxygens (including phenoxy) is 1. The molecule has 0 saturated heterocycles. The predicted molar refractivity (Wildman–Crippen MR) is 53.7 cm³/mol. The van der Waals surface area contributed by atoms with Crippen LogP contribution in [0.3, 0.4) is 0 Å². The van der Waals surface area contributed by atoms with Crippen molar-refractivity contribution in [1.82, 2.24) is 20.2 Å². The lowest BCUT2D eigenvalue weighted by molar-refractivity contribution is 0.294. The summed E-state index contributed by atoms with van der Waals surface area (Å²) < 4.78 is 6.81. The molecule has 0 saturated carbocycles. The van der Waals surface area contributed by atoms with Crippen LogP contribution in [0.4, 0.5) is 0 Å². The van der Waals surface area contributed by atoms with Gasteiger partial charge in [-0.05, 0) is 22.6 Å². The largest absolute Gasteiger partial charge is 0.461 e. The van der Waals surface area contributed by atoms with Crippen molar-refractivity contribution in [1.29, 1.82) is 0 Å². The van der Waals surface area contributed by atoms with E-state index in [2.05, 4.69) is 15.5 Å². The third-order valence-electron chi connectivity index (χ3n) is 1.79. The van der Waals surface area contributed by atoms with Crippen molar-refractivity contribution in [2.45, 2.75) is 0 Å². The van der Waals surface area contributed by atoms with E-state index in [0.717, 1.165) is 5.69 Å². The van der Waals surface area contributed by atoms with Crippen LogP contribution in [0.1, 0.15) is 0 Å². The van der Waals surface area contributed by atoms with Gasteiger partial charge in [-0.1, -0.05) is 23.3 Å². The zero-order valence-corrected chi connectivity index (χ0v) is 8.08. The van der Waals surface area contributed by atoms with Gasteiger partial charge in [-0.3, -0.25) is 0 Å². The second-order valence-corrected chi connectivity index (χ2v) is 2.85. The molecular formula is C9H11N5O. The first kappa shape index (κ1) is 9.60. The third-order valence-corrected chi connectivity index (χ3v) is 1.79. The molecule has 0 aliphatic heterocycles.